The molecule has 0 aliphatic carbocycles. The first-order valence-electron chi connectivity index (χ1n) is 7.33. The van der Waals surface area contributed by atoms with Crippen LogP contribution in [0.1, 0.15) is 23.4 Å². The summed E-state index contributed by atoms with van der Waals surface area (Å²) >= 11 is 0. The molecule has 23 heavy (non-hydrogen) atoms. The zero-order valence-corrected chi connectivity index (χ0v) is 12.7. The summed E-state index contributed by atoms with van der Waals surface area (Å²) in [6, 6.07) is 8.04. The maximum absolute atomic E-state index is 12.0. The van der Waals surface area contributed by atoms with E-state index >= 15 is 0 Å². The van der Waals surface area contributed by atoms with Crippen LogP contribution in [0, 0.1) is 0 Å². The molecule has 0 radical (unpaired) electrons. The van der Waals surface area contributed by atoms with E-state index in [-0.39, 0.29) is 11.8 Å². The smallest absolute Gasteiger partial charge is 0.384 e. The van der Waals surface area contributed by atoms with Crippen molar-refractivity contribution in [2.45, 2.75) is 18.9 Å². The lowest BCUT2D eigenvalue weighted by Gasteiger charge is -2.16. The number of nitrogens with two attached hydrogens (primary N) is 1. The summed E-state index contributed by atoms with van der Waals surface area (Å²) < 4.78 is 9.87. The standard InChI is InChI=1S/C16H17N3O4/c1-19-8-2-3-13(19)15(20)22-16(21)14-9-12(18-23-14)10-4-6-11(17)7-5-10/h4-7,9,13H,2-3,8,17H2,1H3. The number of hydrogen-bond acceptors (Lipinski definition) is 7. The Morgan fingerprint density at radius 1 is 1.35 bits per heavy atom. The summed E-state index contributed by atoms with van der Waals surface area (Å²) in [5.74, 6) is -1.49. The molecule has 1 aromatic heterocycles. The van der Waals surface area contributed by atoms with Crippen molar-refractivity contribution in [2.24, 2.45) is 0 Å². The van der Waals surface area contributed by atoms with Crippen LogP contribution in [-0.4, -0.2) is 41.6 Å². The van der Waals surface area contributed by atoms with Gasteiger partial charge in [-0.15, -0.1) is 0 Å². The van der Waals surface area contributed by atoms with Gasteiger partial charge in [-0.25, -0.2) is 9.59 Å². The van der Waals surface area contributed by atoms with E-state index in [0.29, 0.717) is 17.8 Å². The third kappa shape index (κ3) is 3.24. The summed E-state index contributed by atoms with van der Waals surface area (Å²) in [7, 11) is 1.83. The van der Waals surface area contributed by atoms with Crippen molar-refractivity contribution in [1.29, 1.82) is 0 Å². The SMILES string of the molecule is CN1CCCC1C(=O)OC(=O)c1cc(-c2ccc(N)cc2)no1. The number of nitrogen functional groups attached to an aromatic ring is 1. The molecule has 3 rings (SSSR count). The van der Waals surface area contributed by atoms with Crippen LogP contribution in [-0.2, 0) is 9.53 Å². The highest BCUT2D eigenvalue weighted by Crippen LogP contribution is 2.21. The van der Waals surface area contributed by atoms with E-state index in [9.17, 15) is 9.59 Å². The number of likely N-dealkylation sites (N-methyl/N-ethyl adjacent to an activating group) is 1. The lowest BCUT2D eigenvalue weighted by atomic mass is 10.1. The molecule has 120 valence electrons. The maximum atomic E-state index is 12.0. The number of rotatable bonds is 3. The fraction of sp³-hybridized carbons (Fsp3) is 0.312. The normalized spacial score (nSPS) is 18.0. The van der Waals surface area contributed by atoms with Gasteiger partial charge in [0.15, 0.2) is 0 Å². The van der Waals surface area contributed by atoms with Crippen molar-refractivity contribution in [1.82, 2.24) is 10.1 Å². The molecule has 1 aromatic carbocycles. The molecule has 2 heterocycles. The Labute approximate surface area is 133 Å². The van der Waals surface area contributed by atoms with E-state index in [1.54, 1.807) is 24.3 Å². The highest BCUT2D eigenvalue weighted by atomic mass is 16.6. The fourth-order valence-electron chi connectivity index (χ4n) is 2.58. The second kappa shape index (κ2) is 6.21. The molecule has 2 aromatic rings. The van der Waals surface area contributed by atoms with Gasteiger partial charge in [0, 0.05) is 17.3 Å². The van der Waals surface area contributed by atoms with Crippen LogP contribution >= 0.6 is 0 Å². The largest absolute Gasteiger partial charge is 0.399 e. The number of esters is 2. The van der Waals surface area contributed by atoms with Crippen LogP contribution < -0.4 is 5.73 Å². The first-order chi connectivity index (χ1) is 11.0. The molecule has 0 spiro atoms. The second-order valence-corrected chi connectivity index (χ2v) is 5.55. The molecular formula is C16H17N3O4. The highest BCUT2D eigenvalue weighted by Gasteiger charge is 2.31. The van der Waals surface area contributed by atoms with Gasteiger partial charge in [-0.2, -0.15) is 0 Å². The predicted molar refractivity (Wildman–Crippen MR) is 82.4 cm³/mol. The number of carbonyl (C=O) groups is 2. The Balaban J connectivity index is 1.69. The molecule has 7 nitrogen and oxygen atoms in total. The van der Waals surface area contributed by atoms with Gasteiger partial charge < -0.3 is 15.0 Å². The average Bonchev–Trinajstić information content (AvgIpc) is 3.17. The lowest BCUT2D eigenvalue weighted by molar-refractivity contribution is -0.142. The maximum Gasteiger partial charge on any atom is 0.384 e. The van der Waals surface area contributed by atoms with E-state index in [2.05, 4.69) is 5.16 Å². The van der Waals surface area contributed by atoms with Crippen LogP contribution in [0.15, 0.2) is 34.9 Å². The van der Waals surface area contributed by atoms with Gasteiger partial charge in [0.05, 0.1) is 0 Å². The molecule has 0 saturated carbocycles. The Morgan fingerprint density at radius 3 is 2.74 bits per heavy atom. The van der Waals surface area contributed by atoms with Crippen LogP contribution in [0.25, 0.3) is 11.3 Å². The van der Waals surface area contributed by atoms with E-state index in [0.717, 1.165) is 18.5 Å². The van der Waals surface area contributed by atoms with E-state index in [4.69, 9.17) is 15.0 Å². The van der Waals surface area contributed by atoms with Crippen LogP contribution in [0.5, 0.6) is 0 Å². The van der Waals surface area contributed by atoms with Gasteiger partial charge in [-0.3, -0.25) is 4.90 Å². The molecular weight excluding hydrogens is 298 g/mol. The number of nitrogens with zero attached hydrogens (tertiary/aromatic N) is 2. The molecule has 1 unspecified atom stereocenters. The minimum Gasteiger partial charge on any atom is -0.399 e. The van der Waals surface area contributed by atoms with Crippen molar-refractivity contribution < 1.29 is 18.8 Å². The zero-order valence-electron chi connectivity index (χ0n) is 12.7. The van der Waals surface area contributed by atoms with E-state index in [1.807, 2.05) is 11.9 Å². The Morgan fingerprint density at radius 2 is 2.09 bits per heavy atom. The van der Waals surface area contributed by atoms with Gasteiger partial charge >= 0.3 is 11.9 Å². The zero-order chi connectivity index (χ0) is 16.4. The minimum atomic E-state index is -0.829. The van der Waals surface area contributed by atoms with Crippen LogP contribution in [0.3, 0.4) is 0 Å². The third-order valence-electron chi connectivity index (χ3n) is 3.90. The summed E-state index contributed by atoms with van der Waals surface area (Å²) in [5, 5.41) is 3.82. The molecule has 0 amide bonds. The number of carbonyl (C=O) groups excluding carboxylic acids is 2. The Kier molecular flexibility index (Phi) is 4.12. The van der Waals surface area contributed by atoms with Gasteiger partial charge in [-0.1, -0.05) is 17.3 Å². The summed E-state index contributed by atoms with van der Waals surface area (Å²) in [6.45, 7) is 0.817. The highest BCUT2D eigenvalue weighted by molar-refractivity contribution is 5.96. The van der Waals surface area contributed by atoms with Crippen LogP contribution in [0.2, 0.25) is 0 Å². The molecule has 1 saturated heterocycles. The Bertz CT molecular complexity index is 723. The van der Waals surface area contributed by atoms with Crippen molar-refractivity contribution >= 4 is 17.6 Å². The molecule has 1 aliphatic heterocycles. The van der Waals surface area contributed by atoms with Gasteiger partial charge in [0.2, 0.25) is 5.76 Å². The number of likely N-dealkylation sites (tertiary alicyclic amines) is 1. The number of ether oxygens (including phenoxy) is 1. The number of aromatic nitrogens is 1. The van der Waals surface area contributed by atoms with Gasteiger partial charge in [0.25, 0.3) is 0 Å². The Hall–Kier alpha value is -2.67. The van der Waals surface area contributed by atoms with E-state index in [1.165, 1.54) is 6.07 Å². The topological polar surface area (TPSA) is 98.7 Å². The van der Waals surface area contributed by atoms with Crippen molar-refractivity contribution in [2.75, 3.05) is 19.3 Å². The van der Waals surface area contributed by atoms with Gasteiger partial charge in [-0.05, 0) is 38.6 Å². The summed E-state index contributed by atoms with van der Waals surface area (Å²) in [5.41, 5.74) is 7.48. The lowest BCUT2D eigenvalue weighted by Crippen LogP contribution is -2.35. The molecule has 7 heteroatoms. The van der Waals surface area contributed by atoms with Gasteiger partial charge in [0.1, 0.15) is 11.7 Å². The fourth-order valence-corrected chi connectivity index (χ4v) is 2.58. The summed E-state index contributed by atoms with van der Waals surface area (Å²) in [4.78, 5) is 25.9. The van der Waals surface area contributed by atoms with Crippen LogP contribution in [0.4, 0.5) is 5.69 Å². The molecule has 0 bridgehead atoms. The molecule has 1 fully saturated rings. The van der Waals surface area contributed by atoms with Crippen molar-refractivity contribution in [3.05, 3.63) is 36.1 Å². The van der Waals surface area contributed by atoms with Crippen molar-refractivity contribution in [3.63, 3.8) is 0 Å². The molecule has 1 aliphatic rings. The first kappa shape index (κ1) is 15.2. The summed E-state index contributed by atoms with van der Waals surface area (Å²) in [6.07, 6.45) is 1.60. The monoisotopic (exact) mass is 315 g/mol. The van der Waals surface area contributed by atoms with E-state index < -0.39 is 11.9 Å². The second-order valence-electron chi connectivity index (χ2n) is 5.55. The molecule has 1 atom stereocenters. The van der Waals surface area contributed by atoms with Crippen molar-refractivity contribution in [3.8, 4) is 11.3 Å². The quantitative estimate of drug-likeness (QED) is 0.523. The number of benzene rings is 1. The number of hydrogen-bond donors (Lipinski definition) is 1. The first-order valence-corrected chi connectivity index (χ1v) is 7.33. The third-order valence-corrected chi connectivity index (χ3v) is 3.90. The predicted octanol–water partition coefficient (Wildman–Crippen LogP) is 1.70. The average molecular weight is 315 g/mol. The minimum absolute atomic E-state index is 0.106. The molecule has 2 N–H and O–H groups in total. The number of anilines is 1.